The summed E-state index contributed by atoms with van der Waals surface area (Å²) in [6.07, 6.45) is 0. The maximum atomic E-state index is 3.87. The maximum Gasteiger partial charge on any atom is 0.0726 e. The zero-order valence-corrected chi connectivity index (χ0v) is 30.0. The topological polar surface area (TPSA) is 17.0 Å². The summed E-state index contributed by atoms with van der Waals surface area (Å²) >= 11 is 0. The smallest absolute Gasteiger partial charge is 0.0726 e. The third kappa shape index (κ3) is 4.19. The van der Waals surface area contributed by atoms with Crippen LogP contribution in [0.4, 0.5) is 11.4 Å². The highest BCUT2D eigenvalue weighted by Crippen LogP contribution is 2.63. The van der Waals surface area contributed by atoms with E-state index in [1.165, 1.54) is 93.9 Å². The SMILES string of the molecule is c1ccc(-n2c3ccccc3c3cc(Nc4ccc5c(c4)C4(c6ccccc6-c6ccccc64)c4cc(-c6cccc7ccccc67)ccc4-5)ccc32)cc1. The van der Waals surface area contributed by atoms with Crippen LogP contribution in [0.3, 0.4) is 0 Å². The van der Waals surface area contributed by atoms with Gasteiger partial charge in [-0.3, -0.25) is 0 Å². The Balaban J connectivity index is 1.05. The van der Waals surface area contributed by atoms with Crippen LogP contribution in [-0.2, 0) is 5.41 Å². The molecule has 12 rings (SSSR count). The Bertz CT molecular complexity index is 3130. The van der Waals surface area contributed by atoms with Crippen molar-refractivity contribution in [2.45, 2.75) is 5.41 Å². The molecule has 0 saturated carbocycles. The summed E-state index contributed by atoms with van der Waals surface area (Å²) in [6.45, 7) is 0. The van der Waals surface area contributed by atoms with Gasteiger partial charge in [-0.25, -0.2) is 0 Å². The molecular formula is C53H34N2. The predicted octanol–water partition coefficient (Wildman–Crippen LogP) is 13.7. The number of fused-ring (bicyclic) bond motifs is 14. The van der Waals surface area contributed by atoms with Crippen molar-refractivity contribution in [2.24, 2.45) is 0 Å². The zero-order chi connectivity index (χ0) is 36.1. The highest BCUT2D eigenvalue weighted by Gasteiger charge is 2.51. The van der Waals surface area contributed by atoms with Crippen molar-refractivity contribution >= 4 is 44.0 Å². The van der Waals surface area contributed by atoms with Crippen LogP contribution in [0.5, 0.6) is 0 Å². The van der Waals surface area contributed by atoms with Crippen molar-refractivity contribution in [3.63, 3.8) is 0 Å². The molecule has 1 spiro atoms. The van der Waals surface area contributed by atoms with Crippen molar-refractivity contribution in [2.75, 3.05) is 5.32 Å². The van der Waals surface area contributed by atoms with Crippen LogP contribution >= 0.6 is 0 Å². The van der Waals surface area contributed by atoms with E-state index >= 15 is 0 Å². The Morgan fingerprint density at radius 3 is 1.73 bits per heavy atom. The van der Waals surface area contributed by atoms with E-state index in [0.29, 0.717) is 0 Å². The largest absolute Gasteiger partial charge is 0.355 e. The van der Waals surface area contributed by atoms with Gasteiger partial charge in [0.15, 0.2) is 0 Å². The summed E-state index contributed by atoms with van der Waals surface area (Å²) < 4.78 is 2.37. The third-order valence-corrected chi connectivity index (χ3v) is 12.2. The molecule has 10 aromatic rings. The molecule has 0 amide bonds. The van der Waals surface area contributed by atoms with Crippen molar-refractivity contribution in [1.29, 1.82) is 0 Å². The molecule has 0 fully saturated rings. The first kappa shape index (κ1) is 30.3. The third-order valence-electron chi connectivity index (χ3n) is 12.2. The number of hydrogen-bond donors (Lipinski definition) is 1. The van der Waals surface area contributed by atoms with Crippen LogP contribution < -0.4 is 5.32 Å². The lowest BCUT2D eigenvalue weighted by Gasteiger charge is -2.31. The lowest BCUT2D eigenvalue weighted by atomic mass is 9.70. The first-order valence-corrected chi connectivity index (χ1v) is 19.1. The molecule has 0 atom stereocenters. The van der Waals surface area contributed by atoms with Crippen LogP contribution in [0, 0.1) is 0 Å². The standard InChI is InChI=1S/C53H34N2/c1-2-15-38(16-3-1)55-51-24-11-8-20-45(51)46-32-36(27-30-52(46)55)54-37-26-29-44-43-28-25-35(40-21-12-14-34-13-4-5-17-39(34)40)31-49(43)53(50(44)33-37)47-22-9-6-18-41(47)42-19-7-10-23-48(42)53/h1-33,54H. The van der Waals surface area contributed by atoms with Gasteiger partial charge in [-0.05, 0) is 121 Å². The fraction of sp³-hybridized carbons (Fsp3) is 0.0189. The summed E-state index contributed by atoms with van der Waals surface area (Å²) in [4.78, 5) is 0. The quantitative estimate of drug-likeness (QED) is 0.194. The Morgan fingerprint density at radius 2 is 0.909 bits per heavy atom. The summed E-state index contributed by atoms with van der Waals surface area (Å²) in [5.74, 6) is 0. The first-order valence-electron chi connectivity index (χ1n) is 19.1. The van der Waals surface area contributed by atoms with Crippen molar-refractivity contribution in [1.82, 2.24) is 4.57 Å². The second kappa shape index (κ2) is 11.4. The van der Waals surface area contributed by atoms with Gasteiger partial charge in [-0.15, -0.1) is 0 Å². The van der Waals surface area contributed by atoms with Crippen LogP contribution in [0.1, 0.15) is 22.3 Å². The molecule has 2 heteroatoms. The van der Waals surface area contributed by atoms with Crippen LogP contribution in [0.15, 0.2) is 200 Å². The average molecular weight is 699 g/mol. The highest BCUT2D eigenvalue weighted by atomic mass is 15.0. The summed E-state index contributed by atoms with van der Waals surface area (Å²) in [7, 11) is 0. The minimum atomic E-state index is -0.455. The summed E-state index contributed by atoms with van der Waals surface area (Å²) in [5, 5.41) is 8.88. The Labute approximate surface area is 319 Å². The monoisotopic (exact) mass is 698 g/mol. The molecule has 9 aromatic carbocycles. The molecule has 2 nitrogen and oxygen atoms in total. The Morgan fingerprint density at radius 1 is 0.345 bits per heavy atom. The van der Waals surface area contributed by atoms with Gasteiger partial charge in [0, 0.05) is 27.8 Å². The van der Waals surface area contributed by atoms with Gasteiger partial charge in [0.2, 0.25) is 0 Å². The van der Waals surface area contributed by atoms with Gasteiger partial charge in [-0.2, -0.15) is 0 Å². The molecule has 0 bridgehead atoms. The van der Waals surface area contributed by atoms with Gasteiger partial charge < -0.3 is 9.88 Å². The Kier molecular flexibility index (Phi) is 6.29. The number of hydrogen-bond acceptors (Lipinski definition) is 1. The number of anilines is 2. The highest BCUT2D eigenvalue weighted by molar-refractivity contribution is 6.10. The number of nitrogens with zero attached hydrogens (tertiary/aromatic N) is 1. The number of benzene rings is 9. The van der Waals surface area contributed by atoms with E-state index in [4.69, 9.17) is 0 Å². The number of nitrogens with one attached hydrogen (secondary N) is 1. The lowest BCUT2D eigenvalue weighted by molar-refractivity contribution is 0.794. The second-order valence-electron chi connectivity index (χ2n) is 14.9. The van der Waals surface area contributed by atoms with E-state index in [1.807, 2.05) is 0 Å². The minimum absolute atomic E-state index is 0.455. The lowest BCUT2D eigenvalue weighted by Crippen LogP contribution is -2.26. The van der Waals surface area contributed by atoms with Gasteiger partial charge >= 0.3 is 0 Å². The molecule has 55 heavy (non-hydrogen) atoms. The average Bonchev–Trinajstić information content (AvgIpc) is 3.85. The van der Waals surface area contributed by atoms with Crippen LogP contribution in [0.2, 0.25) is 0 Å². The molecule has 2 aliphatic rings. The first-order chi connectivity index (χ1) is 27.3. The fourth-order valence-electron chi connectivity index (χ4n) is 9.93. The predicted molar refractivity (Wildman–Crippen MR) is 230 cm³/mol. The molecule has 1 N–H and O–H groups in total. The normalized spacial score (nSPS) is 13.2. The fourth-order valence-corrected chi connectivity index (χ4v) is 9.93. The molecule has 0 unspecified atom stereocenters. The van der Waals surface area contributed by atoms with Gasteiger partial charge in [0.25, 0.3) is 0 Å². The number of aromatic nitrogens is 1. The summed E-state index contributed by atoms with van der Waals surface area (Å²) in [5.41, 5.74) is 18.3. The van der Waals surface area contributed by atoms with Gasteiger partial charge in [0.1, 0.15) is 0 Å². The van der Waals surface area contributed by atoms with E-state index < -0.39 is 5.41 Å². The van der Waals surface area contributed by atoms with Gasteiger partial charge in [-0.1, -0.05) is 146 Å². The van der Waals surface area contributed by atoms with Crippen molar-refractivity contribution < 1.29 is 0 Å². The van der Waals surface area contributed by atoms with Gasteiger partial charge in [0.05, 0.1) is 16.4 Å². The second-order valence-corrected chi connectivity index (χ2v) is 14.9. The van der Waals surface area contributed by atoms with Crippen LogP contribution in [-0.4, -0.2) is 4.57 Å². The van der Waals surface area contributed by atoms with Crippen molar-refractivity contribution in [3.05, 3.63) is 222 Å². The van der Waals surface area contributed by atoms with E-state index in [2.05, 4.69) is 210 Å². The van der Waals surface area contributed by atoms with Crippen LogP contribution in [0.25, 0.3) is 71.6 Å². The van der Waals surface area contributed by atoms with E-state index in [9.17, 15) is 0 Å². The molecule has 256 valence electrons. The summed E-state index contributed by atoms with van der Waals surface area (Å²) in [6, 6.07) is 73.8. The number of para-hydroxylation sites is 2. The molecule has 0 radical (unpaired) electrons. The zero-order valence-electron chi connectivity index (χ0n) is 30.0. The van der Waals surface area contributed by atoms with E-state index in [-0.39, 0.29) is 0 Å². The molecule has 1 aromatic heterocycles. The van der Waals surface area contributed by atoms with E-state index in [1.54, 1.807) is 0 Å². The molecular weight excluding hydrogens is 665 g/mol. The number of rotatable bonds is 4. The molecule has 0 saturated heterocycles. The van der Waals surface area contributed by atoms with E-state index in [0.717, 1.165) is 11.4 Å². The molecule has 1 heterocycles. The van der Waals surface area contributed by atoms with Crippen molar-refractivity contribution in [3.8, 4) is 39.1 Å². The Hall–Kier alpha value is -7.16. The minimum Gasteiger partial charge on any atom is -0.355 e. The molecule has 2 aliphatic carbocycles. The molecule has 0 aliphatic heterocycles. The maximum absolute atomic E-state index is 3.87.